The molecule has 0 saturated heterocycles. The fourth-order valence-corrected chi connectivity index (χ4v) is 4.38. The number of fused-ring (bicyclic) bond motifs is 1. The maximum absolute atomic E-state index is 12.6. The summed E-state index contributed by atoms with van der Waals surface area (Å²) in [5, 5.41) is 9.48. The summed E-state index contributed by atoms with van der Waals surface area (Å²) in [6.45, 7) is 6.41. The summed E-state index contributed by atoms with van der Waals surface area (Å²) in [5.74, 6) is -1.26. The maximum atomic E-state index is 12.6. The first-order chi connectivity index (χ1) is 15.3. The van der Waals surface area contributed by atoms with Gasteiger partial charge in [0.15, 0.2) is 5.43 Å². The van der Waals surface area contributed by atoms with Gasteiger partial charge in [-0.25, -0.2) is 4.79 Å². The van der Waals surface area contributed by atoms with E-state index in [-0.39, 0.29) is 23.4 Å². The van der Waals surface area contributed by atoms with Gasteiger partial charge >= 0.3 is 12.3 Å². The number of carbonyl (C=O) groups is 1. The van der Waals surface area contributed by atoms with Crippen molar-refractivity contribution in [2.75, 3.05) is 20.2 Å². The second kappa shape index (κ2) is 9.21. The molecule has 1 atom stereocenters. The Balaban J connectivity index is 1.97. The molecule has 0 fully saturated rings. The van der Waals surface area contributed by atoms with Gasteiger partial charge in [0.25, 0.3) is 0 Å². The van der Waals surface area contributed by atoms with E-state index in [2.05, 4.69) is 30.4 Å². The van der Waals surface area contributed by atoms with Crippen molar-refractivity contribution in [3.8, 4) is 0 Å². The van der Waals surface area contributed by atoms with Gasteiger partial charge in [0.05, 0.1) is 24.0 Å². The van der Waals surface area contributed by atoms with Gasteiger partial charge in [0.1, 0.15) is 5.56 Å². The summed E-state index contributed by atoms with van der Waals surface area (Å²) in [5.41, 5.74) is 2.32. The third-order valence-electron chi connectivity index (χ3n) is 5.98. The van der Waals surface area contributed by atoms with Crippen molar-refractivity contribution in [1.29, 1.82) is 0 Å². The predicted octanol–water partition coefficient (Wildman–Crippen LogP) is 4.99. The van der Waals surface area contributed by atoms with Gasteiger partial charge in [-0.2, -0.15) is 0 Å². The van der Waals surface area contributed by atoms with Crippen LogP contribution in [0.15, 0.2) is 46.4 Å². The zero-order chi connectivity index (χ0) is 24.6. The topological polar surface area (TPSA) is 71.8 Å². The highest BCUT2D eigenvalue weighted by atomic mass is 19.4. The lowest BCUT2D eigenvalue weighted by Crippen LogP contribution is -2.42. The van der Waals surface area contributed by atoms with Gasteiger partial charge in [-0.15, -0.1) is 13.2 Å². The summed E-state index contributed by atoms with van der Waals surface area (Å²) in [7, 11) is 1.93. The van der Waals surface area contributed by atoms with Crippen molar-refractivity contribution in [2.45, 2.75) is 52.4 Å². The Morgan fingerprint density at radius 3 is 2.58 bits per heavy atom. The number of carboxylic acids is 1. The number of allylic oxidation sites excluding steroid dienone is 5. The Hall–Kier alpha value is -2.81. The van der Waals surface area contributed by atoms with E-state index in [0.717, 1.165) is 16.8 Å². The number of pyridine rings is 1. The van der Waals surface area contributed by atoms with Crippen LogP contribution in [0.4, 0.5) is 13.2 Å². The molecule has 0 spiro atoms. The van der Waals surface area contributed by atoms with Crippen LogP contribution in [-0.2, 0) is 4.74 Å². The molecular weight excluding hydrogens is 437 g/mol. The lowest BCUT2D eigenvalue weighted by Gasteiger charge is -2.44. The number of halogens is 3. The molecule has 1 unspecified atom stereocenters. The van der Waals surface area contributed by atoms with Crippen LogP contribution in [0.25, 0.3) is 5.70 Å². The summed E-state index contributed by atoms with van der Waals surface area (Å²) < 4.78 is 42.4. The molecule has 0 radical (unpaired) electrons. The number of likely N-dealkylation sites (N-methyl/N-ethyl adjacent to an activating group) is 1. The van der Waals surface area contributed by atoms with E-state index >= 15 is 0 Å². The second-order valence-electron chi connectivity index (χ2n) is 9.54. The molecule has 1 N–H and O–H groups in total. The minimum absolute atomic E-state index is 0.0670. The molecule has 3 rings (SSSR count). The number of nitrogens with zero attached hydrogens (tertiary/aromatic N) is 2. The Kier molecular flexibility index (Phi) is 6.93. The highest BCUT2D eigenvalue weighted by Gasteiger charge is 2.36. The molecule has 9 heteroatoms. The lowest BCUT2D eigenvalue weighted by molar-refractivity contribution is -0.324. The number of carboxylic acid groups (broad SMARTS) is 1. The van der Waals surface area contributed by atoms with Crippen LogP contribution in [0.5, 0.6) is 0 Å². The summed E-state index contributed by atoms with van der Waals surface area (Å²) in [4.78, 5) is 26.2. The van der Waals surface area contributed by atoms with Gasteiger partial charge < -0.3 is 14.6 Å². The smallest absolute Gasteiger partial charge is 0.477 e. The van der Waals surface area contributed by atoms with E-state index in [4.69, 9.17) is 0 Å². The van der Waals surface area contributed by atoms with E-state index in [1.807, 2.05) is 29.8 Å². The average Bonchev–Trinajstić information content (AvgIpc) is 2.69. The molecule has 6 nitrogen and oxygen atoms in total. The van der Waals surface area contributed by atoms with E-state index in [1.165, 1.54) is 12.3 Å². The predicted molar refractivity (Wildman–Crippen MR) is 119 cm³/mol. The molecule has 1 aromatic rings. The second-order valence-corrected chi connectivity index (χ2v) is 9.54. The van der Waals surface area contributed by atoms with Crippen molar-refractivity contribution in [3.05, 3.63) is 63.1 Å². The molecule has 1 aliphatic carbocycles. The minimum Gasteiger partial charge on any atom is -0.477 e. The van der Waals surface area contributed by atoms with Crippen LogP contribution in [0.2, 0.25) is 0 Å². The van der Waals surface area contributed by atoms with Crippen LogP contribution in [-0.4, -0.2) is 47.1 Å². The number of alkyl halides is 3. The summed E-state index contributed by atoms with van der Waals surface area (Å²) >= 11 is 0. The van der Waals surface area contributed by atoms with E-state index in [9.17, 15) is 27.9 Å². The van der Waals surface area contributed by atoms with Gasteiger partial charge in [-0.05, 0) is 30.3 Å². The van der Waals surface area contributed by atoms with Gasteiger partial charge in [-0.3, -0.25) is 9.53 Å². The Labute approximate surface area is 190 Å². The van der Waals surface area contributed by atoms with E-state index in [1.54, 1.807) is 0 Å². The number of rotatable bonds is 5. The summed E-state index contributed by atoms with van der Waals surface area (Å²) in [6.07, 6.45) is 3.69. The van der Waals surface area contributed by atoms with Crippen molar-refractivity contribution >= 4 is 11.7 Å². The average molecular weight is 467 g/mol. The largest absolute Gasteiger partial charge is 0.522 e. The first-order valence-electron chi connectivity index (χ1n) is 10.8. The van der Waals surface area contributed by atoms with Crippen molar-refractivity contribution in [2.24, 2.45) is 5.41 Å². The van der Waals surface area contributed by atoms with Crippen LogP contribution in [0.1, 0.15) is 62.1 Å². The van der Waals surface area contributed by atoms with Gasteiger partial charge in [0, 0.05) is 25.9 Å². The van der Waals surface area contributed by atoms with Crippen LogP contribution in [0.3, 0.4) is 0 Å². The molecule has 0 amide bonds. The Morgan fingerprint density at radius 1 is 1.27 bits per heavy atom. The van der Waals surface area contributed by atoms with Crippen molar-refractivity contribution < 1.29 is 27.8 Å². The molecule has 0 saturated carbocycles. The van der Waals surface area contributed by atoms with Gasteiger partial charge in [0.2, 0.25) is 0 Å². The zero-order valence-electron chi connectivity index (χ0n) is 19.2. The molecule has 2 heterocycles. The summed E-state index contributed by atoms with van der Waals surface area (Å²) in [6, 6.07) is 1.31. The zero-order valence-corrected chi connectivity index (χ0v) is 19.2. The Morgan fingerprint density at radius 2 is 1.97 bits per heavy atom. The van der Waals surface area contributed by atoms with Gasteiger partial charge in [-0.1, -0.05) is 44.6 Å². The number of ether oxygens (including phenoxy) is 1. The first kappa shape index (κ1) is 24.8. The standard InChI is InChI=1S/C24H29F3N2O4/c1-23(2,3)20-14-28(4)21(18-12-19(30)17(22(31)32)13-29(18)20)16-9-5-7-15(11-16)8-6-10-33-24(25,26)27/h5,7,9,12-13,20H,6,8,10-11,14H2,1-4H3,(H,31,32)/b21-16-. The van der Waals surface area contributed by atoms with Crippen LogP contribution >= 0.6 is 0 Å². The third-order valence-corrected chi connectivity index (χ3v) is 5.98. The highest BCUT2D eigenvalue weighted by molar-refractivity contribution is 5.87. The lowest BCUT2D eigenvalue weighted by atomic mass is 9.83. The fraction of sp³-hybridized carbons (Fsp3) is 0.500. The Bertz CT molecular complexity index is 1070. The number of hydrogen-bond donors (Lipinski definition) is 1. The maximum Gasteiger partial charge on any atom is 0.522 e. The molecule has 0 aromatic carbocycles. The monoisotopic (exact) mass is 466 g/mol. The molecule has 0 bridgehead atoms. The third kappa shape index (κ3) is 5.76. The molecule has 2 aliphatic rings. The molecule has 180 valence electrons. The minimum atomic E-state index is -4.63. The number of hydrogen-bond acceptors (Lipinski definition) is 4. The molecule has 33 heavy (non-hydrogen) atoms. The number of aromatic nitrogens is 1. The van der Waals surface area contributed by atoms with Crippen molar-refractivity contribution in [3.63, 3.8) is 0 Å². The highest BCUT2D eigenvalue weighted by Crippen LogP contribution is 2.41. The van der Waals surface area contributed by atoms with Crippen molar-refractivity contribution in [1.82, 2.24) is 9.47 Å². The van der Waals surface area contributed by atoms with E-state index in [0.29, 0.717) is 25.1 Å². The quantitative estimate of drug-likeness (QED) is 0.619. The fourth-order valence-electron chi connectivity index (χ4n) is 4.38. The first-order valence-corrected chi connectivity index (χ1v) is 10.8. The molecule has 1 aliphatic heterocycles. The molecular formula is C24H29F3N2O4. The van der Waals surface area contributed by atoms with Crippen LogP contribution < -0.4 is 5.43 Å². The van der Waals surface area contributed by atoms with Crippen LogP contribution in [0, 0.1) is 5.41 Å². The van der Waals surface area contributed by atoms with E-state index < -0.39 is 24.4 Å². The SMILES string of the molecule is CN1CC(C(C)(C)C)n2cc(C(=O)O)c(=O)cc2/C1=C1\C=CC=C(CCCOC(F)(F)F)C1. The normalized spacial score (nSPS) is 21.1. The number of aromatic carboxylic acids is 1. The molecule has 1 aromatic heterocycles.